The molecular weight excluding hydrogens is 506 g/mol. The summed E-state index contributed by atoms with van der Waals surface area (Å²) in [5.74, 6) is -6.34. The zero-order chi connectivity index (χ0) is 29.3. The van der Waals surface area contributed by atoms with E-state index in [4.69, 9.17) is 33.8 Å². The lowest BCUT2D eigenvalue weighted by atomic mass is 10.0. The second-order valence-electron chi connectivity index (χ2n) is 8.46. The van der Waals surface area contributed by atoms with Gasteiger partial charge in [0.1, 0.15) is 18.1 Å². The normalized spacial score (nSPS) is 13.7. The van der Waals surface area contributed by atoms with E-state index in [1.165, 1.54) is 0 Å². The predicted octanol–water partition coefficient (Wildman–Crippen LogP) is -4.22. The third-order valence-electron chi connectivity index (χ3n) is 5.19. The summed E-state index contributed by atoms with van der Waals surface area (Å²) >= 11 is 0. The minimum atomic E-state index is -1.75. The number of carboxylic acids is 2. The first-order chi connectivity index (χ1) is 17.8. The standard InChI is InChI=1S/C21H39N9O8/c22-8-2-1-4-12(28-17(34)11(23)6-7-15(24)31)18(35)29-13(5-3-9-27-21(25)26)19(36)30-14(20(37)38)10-16(32)33/h11-14H,1-10,22-23H2,(H2,24,31)(H,28,34)(H,29,35)(H,30,36)(H,32,33)(H,37,38)(H4,25,26,27). The summed E-state index contributed by atoms with van der Waals surface area (Å²) in [6.45, 7) is 0.418. The van der Waals surface area contributed by atoms with E-state index in [9.17, 15) is 33.9 Å². The highest BCUT2D eigenvalue weighted by atomic mass is 16.4. The van der Waals surface area contributed by atoms with Crippen molar-refractivity contribution < 1.29 is 39.0 Å². The number of carbonyl (C=O) groups excluding carboxylic acids is 4. The maximum atomic E-state index is 13.1. The van der Waals surface area contributed by atoms with E-state index in [0.717, 1.165) is 0 Å². The van der Waals surface area contributed by atoms with Crippen LogP contribution in [-0.2, 0) is 28.8 Å². The molecule has 4 amide bonds. The molecule has 4 atom stereocenters. The average Bonchev–Trinajstić information content (AvgIpc) is 2.82. The number of hydrogen-bond donors (Lipinski definition) is 10. The summed E-state index contributed by atoms with van der Waals surface area (Å²) in [4.78, 5) is 75.5. The van der Waals surface area contributed by atoms with E-state index in [1.54, 1.807) is 0 Å². The fraction of sp³-hybridized carbons (Fsp3) is 0.667. The number of nitrogens with one attached hydrogen (secondary N) is 3. The van der Waals surface area contributed by atoms with Crippen LogP contribution in [-0.4, -0.2) is 89.0 Å². The van der Waals surface area contributed by atoms with Gasteiger partial charge in [-0.15, -0.1) is 0 Å². The van der Waals surface area contributed by atoms with Gasteiger partial charge in [-0.25, -0.2) is 4.79 Å². The van der Waals surface area contributed by atoms with Crippen molar-refractivity contribution in [1.29, 1.82) is 0 Å². The molecule has 0 heterocycles. The van der Waals surface area contributed by atoms with Crippen molar-refractivity contribution in [3.8, 4) is 0 Å². The zero-order valence-electron chi connectivity index (χ0n) is 21.1. The molecule has 0 aromatic carbocycles. The van der Waals surface area contributed by atoms with Crippen LogP contribution >= 0.6 is 0 Å². The third-order valence-corrected chi connectivity index (χ3v) is 5.19. The van der Waals surface area contributed by atoms with Gasteiger partial charge in [-0.05, 0) is 45.1 Å². The largest absolute Gasteiger partial charge is 0.481 e. The number of hydrogen-bond acceptors (Lipinski definition) is 9. The number of aliphatic carboxylic acids is 2. The number of carboxylic acid groups (broad SMARTS) is 2. The molecule has 17 nitrogen and oxygen atoms in total. The van der Waals surface area contributed by atoms with Gasteiger partial charge >= 0.3 is 11.9 Å². The fourth-order valence-electron chi connectivity index (χ4n) is 3.16. The van der Waals surface area contributed by atoms with Gasteiger partial charge in [0.2, 0.25) is 23.6 Å². The van der Waals surface area contributed by atoms with E-state index in [0.29, 0.717) is 19.4 Å². The Labute approximate surface area is 219 Å². The summed E-state index contributed by atoms with van der Waals surface area (Å²) < 4.78 is 0. The monoisotopic (exact) mass is 545 g/mol. The van der Waals surface area contributed by atoms with Crippen LogP contribution < -0.4 is 44.6 Å². The molecule has 38 heavy (non-hydrogen) atoms. The minimum absolute atomic E-state index is 0.0463. The molecule has 216 valence electrons. The minimum Gasteiger partial charge on any atom is -0.481 e. The molecule has 0 aliphatic rings. The molecule has 0 aliphatic carbocycles. The highest BCUT2D eigenvalue weighted by Crippen LogP contribution is 2.07. The van der Waals surface area contributed by atoms with Crippen molar-refractivity contribution in [2.24, 2.45) is 33.7 Å². The van der Waals surface area contributed by atoms with Crippen molar-refractivity contribution in [2.75, 3.05) is 13.1 Å². The predicted molar refractivity (Wildman–Crippen MR) is 135 cm³/mol. The Bertz CT molecular complexity index is 864. The quantitative estimate of drug-likeness (QED) is 0.0395. The van der Waals surface area contributed by atoms with Gasteiger partial charge in [-0.2, -0.15) is 0 Å². The number of nitrogens with two attached hydrogens (primary N) is 5. The smallest absolute Gasteiger partial charge is 0.326 e. The first-order valence-electron chi connectivity index (χ1n) is 11.9. The second-order valence-corrected chi connectivity index (χ2v) is 8.46. The summed E-state index contributed by atoms with van der Waals surface area (Å²) in [5.41, 5.74) is 26.9. The second kappa shape index (κ2) is 18.3. The Morgan fingerprint density at radius 3 is 1.74 bits per heavy atom. The third kappa shape index (κ3) is 15.2. The summed E-state index contributed by atoms with van der Waals surface area (Å²) in [6.07, 6.45) is 0.168. The topological polar surface area (TPSA) is 321 Å². The molecule has 0 fully saturated rings. The highest BCUT2D eigenvalue weighted by Gasteiger charge is 2.31. The van der Waals surface area contributed by atoms with Crippen LogP contribution in [0.1, 0.15) is 51.4 Å². The fourth-order valence-corrected chi connectivity index (χ4v) is 3.16. The summed E-state index contributed by atoms with van der Waals surface area (Å²) in [6, 6.07) is -5.33. The Balaban J connectivity index is 5.66. The molecule has 0 saturated heterocycles. The Morgan fingerprint density at radius 2 is 1.26 bits per heavy atom. The number of nitrogens with zero attached hydrogens (tertiary/aromatic N) is 1. The van der Waals surface area contributed by atoms with Crippen molar-refractivity contribution >= 4 is 41.5 Å². The lowest BCUT2D eigenvalue weighted by Gasteiger charge is -2.25. The number of aliphatic imine (C=N–C) groups is 1. The number of unbranched alkanes of at least 4 members (excludes halogenated alkanes) is 1. The Morgan fingerprint density at radius 1 is 0.737 bits per heavy atom. The van der Waals surface area contributed by atoms with Gasteiger partial charge in [-0.3, -0.25) is 29.0 Å². The molecule has 0 saturated carbocycles. The van der Waals surface area contributed by atoms with Gasteiger partial charge in [0.15, 0.2) is 5.96 Å². The molecule has 0 bridgehead atoms. The van der Waals surface area contributed by atoms with Crippen molar-refractivity contribution in [3.63, 3.8) is 0 Å². The zero-order valence-corrected chi connectivity index (χ0v) is 21.1. The van der Waals surface area contributed by atoms with E-state index in [-0.39, 0.29) is 44.6 Å². The number of carbonyl (C=O) groups is 6. The number of guanidine groups is 1. The van der Waals surface area contributed by atoms with E-state index in [1.807, 2.05) is 0 Å². The van der Waals surface area contributed by atoms with Crippen LogP contribution in [0.25, 0.3) is 0 Å². The molecule has 0 aliphatic heterocycles. The van der Waals surface area contributed by atoms with Gasteiger partial charge in [-0.1, -0.05) is 0 Å². The van der Waals surface area contributed by atoms with E-state index in [2.05, 4.69) is 20.9 Å². The molecule has 0 aromatic rings. The maximum Gasteiger partial charge on any atom is 0.326 e. The van der Waals surface area contributed by atoms with Gasteiger partial charge in [0.05, 0.1) is 12.5 Å². The lowest BCUT2D eigenvalue weighted by molar-refractivity contribution is -0.147. The van der Waals surface area contributed by atoms with Crippen LogP contribution in [0.4, 0.5) is 0 Å². The summed E-state index contributed by atoms with van der Waals surface area (Å²) in [7, 11) is 0. The summed E-state index contributed by atoms with van der Waals surface area (Å²) in [5, 5.41) is 25.2. The number of rotatable bonds is 20. The van der Waals surface area contributed by atoms with Crippen molar-refractivity contribution in [2.45, 2.75) is 75.5 Å². The van der Waals surface area contributed by atoms with Gasteiger partial charge in [0.25, 0.3) is 0 Å². The SMILES string of the molecule is NCCCCC(NC(=O)C(N)CCC(N)=O)C(=O)NC(CCCN=C(N)N)C(=O)NC(CC(=O)O)C(=O)O. The van der Waals surface area contributed by atoms with Crippen LogP contribution in [0.2, 0.25) is 0 Å². The molecule has 15 N–H and O–H groups in total. The molecule has 0 radical (unpaired) electrons. The molecule has 0 aromatic heterocycles. The molecule has 0 rings (SSSR count). The van der Waals surface area contributed by atoms with Gasteiger partial charge in [0, 0.05) is 13.0 Å². The van der Waals surface area contributed by atoms with Crippen molar-refractivity contribution in [3.05, 3.63) is 0 Å². The Hall–Kier alpha value is -3.99. The number of primary amides is 1. The average molecular weight is 546 g/mol. The highest BCUT2D eigenvalue weighted by molar-refractivity contribution is 5.94. The van der Waals surface area contributed by atoms with Crippen LogP contribution in [0, 0.1) is 0 Å². The molecule has 17 heteroatoms. The number of amides is 4. The van der Waals surface area contributed by atoms with E-state index < -0.39 is 66.2 Å². The lowest BCUT2D eigenvalue weighted by Crippen LogP contribution is -2.57. The van der Waals surface area contributed by atoms with Crippen molar-refractivity contribution in [1.82, 2.24) is 16.0 Å². The first kappa shape index (κ1) is 34.0. The van der Waals surface area contributed by atoms with Crippen LogP contribution in [0.15, 0.2) is 4.99 Å². The van der Waals surface area contributed by atoms with E-state index >= 15 is 0 Å². The maximum absolute atomic E-state index is 13.1. The Kier molecular flexibility index (Phi) is 16.4. The molecule has 0 spiro atoms. The molecule has 4 unspecified atom stereocenters. The molecular formula is C21H39N9O8. The van der Waals surface area contributed by atoms with Crippen LogP contribution in [0.5, 0.6) is 0 Å². The first-order valence-corrected chi connectivity index (χ1v) is 11.9. The van der Waals surface area contributed by atoms with Gasteiger partial charge < -0.3 is 54.8 Å². The van der Waals surface area contributed by atoms with Crippen LogP contribution in [0.3, 0.4) is 0 Å².